The van der Waals surface area contributed by atoms with Crippen molar-refractivity contribution in [3.63, 3.8) is 0 Å². The number of amides is 1. The first kappa shape index (κ1) is 18.6. The highest BCUT2D eigenvalue weighted by Gasteiger charge is 2.26. The van der Waals surface area contributed by atoms with Gasteiger partial charge >= 0.3 is 5.97 Å². The molecular formula is C11H23ClN2O3. The smallest absolute Gasteiger partial charge is 0.305 e. The maximum absolute atomic E-state index is 11.6. The van der Waals surface area contributed by atoms with Crippen molar-refractivity contribution in [2.24, 2.45) is 5.73 Å². The monoisotopic (exact) mass is 266 g/mol. The fourth-order valence-electron chi connectivity index (χ4n) is 1.37. The molecule has 6 heteroatoms. The van der Waals surface area contributed by atoms with E-state index in [1.807, 2.05) is 6.92 Å². The van der Waals surface area contributed by atoms with Crippen molar-refractivity contribution in [1.29, 1.82) is 0 Å². The molecule has 0 heterocycles. The summed E-state index contributed by atoms with van der Waals surface area (Å²) in [4.78, 5) is 22.4. The molecule has 0 radical (unpaired) electrons. The van der Waals surface area contributed by atoms with Crippen LogP contribution < -0.4 is 11.1 Å². The molecule has 1 atom stereocenters. The average Bonchev–Trinajstić information content (AvgIpc) is 2.23. The molecule has 0 aromatic heterocycles. The molecule has 0 bridgehead atoms. The number of nitrogens with one attached hydrogen (secondary N) is 1. The van der Waals surface area contributed by atoms with Gasteiger partial charge in [-0.15, -0.1) is 12.4 Å². The first-order valence-electron chi connectivity index (χ1n) is 5.58. The predicted octanol–water partition coefficient (Wildman–Crippen LogP) is 0.995. The molecule has 0 aliphatic heterocycles. The zero-order valence-corrected chi connectivity index (χ0v) is 11.6. The third kappa shape index (κ3) is 7.99. The second-order valence-electron chi connectivity index (χ2n) is 4.10. The minimum absolute atomic E-state index is 0. The molecule has 1 amide bonds. The van der Waals surface area contributed by atoms with Crippen LogP contribution in [0, 0.1) is 0 Å². The zero-order chi connectivity index (χ0) is 12.6. The van der Waals surface area contributed by atoms with Gasteiger partial charge in [-0.2, -0.15) is 0 Å². The molecule has 1 unspecified atom stereocenters. The van der Waals surface area contributed by atoms with Gasteiger partial charge < -0.3 is 15.8 Å². The van der Waals surface area contributed by atoms with E-state index in [-0.39, 0.29) is 24.3 Å². The summed E-state index contributed by atoms with van der Waals surface area (Å²) in [5.41, 5.74) is 5.02. The molecule has 0 aromatic carbocycles. The van der Waals surface area contributed by atoms with Crippen molar-refractivity contribution in [3.05, 3.63) is 0 Å². The molecule has 0 aliphatic carbocycles. The van der Waals surface area contributed by atoms with Crippen molar-refractivity contribution in [2.45, 2.75) is 45.1 Å². The fourth-order valence-corrected chi connectivity index (χ4v) is 1.37. The first-order valence-corrected chi connectivity index (χ1v) is 5.58. The Bertz CT molecular complexity index is 245. The van der Waals surface area contributed by atoms with Crippen LogP contribution in [0.4, 0.5) is 0 Å². The van der Waals surface area contributed by atoms with Crippen LogP contribution >= 0.6 is 12.4 Å². The zero-order valence-electron chi connectivity index (χ0n) is 10.7. The van der Waals surface area contributed by atoms with E-state index in [9.17, 15) is 9.59 Å². The molecule has 0 saturated heterocycles. The molecule has 0 aliphatic rings. The lowest BCUT2D eigenvalue weighted by Gasteiger charge is -2.22. The van der Waals surface area contributed by atoms with Crippen molar-refractivity contribution >= 4 is 24.3 Å². The predicted molar refractivity (Wildman–Crippen MR) is 69.0 cm³/mol. The minimum atomic E-state index is -0.819. The van der Waals surface area contributed by atoms with Crippen LogP contribution in [-0.4, -0.2) is 31.1 Å². The number of hydrogen-bond acceptors (Lipinski definition) is 4. The number of methoxy groups -OCH3 is 1. The van der Waals surface area contributed by atoms with Crippen molar-refractivity contribution in [3.8, 4) is 0 Å². The normalized spacial score (nSPS) is 13.2. The van der Waals surface area contributed by atoms with Crippen LogP contribution in [0.1, 0.15) is 39.5 Å². The van der Waals surface area contributed by atoms with Gasteiger partial charge in [0.05, 0.1) is 12.6 Å². The SMILES string of the molecule is CCCC(C)(N)C(=O)NCCCC(=O)OC.Cl. The number of hydrogen-bond donors (Lipinski definition) is 2. The lowest BCUT2D eigenvalue weighted by molar-refractivity contribution is -0.140. The van der Waals surface area contributed by atoms with E-state index < -0.39 is 5.54 Å². The Kier molecular flexibility index (Phi) is 10.1. The fraction of sp³-hybridized carbons (Fsp3) is 0.818. The molecular weight excluding hydrogens is 244 g/mol. The second-order valence-corrected chi connectivity index (χ2v) is 4.10. The highest BCUT2D eigenvalue weighted by Crippen LogP contribution is 2.08. The summed E-state index contributed by atoms with van der Waals surface area (Å²) in [6.07, 6.45) is 2.39. The van der Waals surface area contributed by atoms with E-state index in [1.165, 1.54) is 7.11 Å². The highest BCUT2D eigenvalue weighted by atomic mass is 35.5. The van der Waals surface area contributed by atoms with Crippen LogP contribution in [0.15, 0.2) is 0 Å². The maximum atomic E-state index is 11.6. The van der Waals surface area contributed by atoms with Crippen molar-refractivity contribution < 1.29 is 14.3 Å². The Labute approximate surface area is 109 Å². The van der Waals surface area contributed by atoms with E-state index in [1.54, 1.807) is 6.92 Å². The van der Waals surface area contributed by atoms with E-state index in [0.717, 1.165) is 6.42 Å². The summed E-state index contributed by atoms with van der Waals surface area (Å²) >= 11 is 0. The summed E-state index contributed by atoms with van der Waals surface area (Å²) < 4.78 is 4.49. The average molecular weight is 267 g/mol. The number of nitrogens with two attached hydrogens (primary N) is 1. The quantitative estimate of drug-likeness (QED) is 0.532. The Hall–Kier alpha value is -0.810. The topological polar surface area (TPSA) is 81.4 Å². The van der Waals surface area contributed by atoms with Gasteiger partial charge in [0.25, 0.3) is 0 Å². The van der Waals surface area contributed by atoms with E-state index in [0.29, 0.717) is 25.8 Å². The van der Waals surface area contributed by atoms with Crippen LogP contribution in [-0.2, 0) is 14.3 Å². The van der Waals surface area contributed by atoms with E-state index >= 15 is 0 Å². The summed E-state index contributed by atoms with van der Waals surface area (Å²) in [6, 6.07) is 0. The number of carbonyl (C=O) groups excluding carboxylic acids is 2. The van der Waals surface area contributed by atoms with Gasteiger partial charge in [-0.25, -0.2) is 0 Å². The standard InChI is InChI=1S/C11H22N2O3.ClH/c1-4-7-11(2,12)10(15)13-8-5-6-9(14)16-3;/h4-8,12H2,1-3H3,(H,13,15);1H. The van der Waals surface area contributed by atoms with Gasteiger partial charge in [-0.05, 0) is 19.8 Å². The molecule has 5 nitrogen and oxygen atoms in total. The number of carbonyl (C=O) groups is 2. The molecule has 0 aromatic rings. The molecule has 17 heavy (non-hydrogen) atoms. The van der Waals surface area contributed by atoms with Gasteiger partial charge in [0.1, 0.15) is 0 Å². The Morgan fingerprint density at radius 2 is 2.00 bits per heavy atom. The van der Waals surface area contributed by atoms with Gasteiger partial charge in [-0.1, -0.05) is 13.3 Å². The van der Waals surface area contributed by atoms with Crippen LogP contribution in [0.25, 0.3) is 0 Å². The van der Waals surface area contributed by atoms with Crippen molar-refractivity contribution in [1.82, 2.24) is 5.32 Å². The highest BCUT2D eigenvalue weighted by molar-refractivity contribution is 5.85. The minimum Gasteiger partial charge on any atom is -0.469 e. The van der Waals surface area contributed by atoms with Crippen molar-refractivity contribution in [2.75, 3.05) is 13.7 Å². The Morgan fingerprint density at radius 3 is 2.47 bits per heavy atom. The number of esters is 1. The molecule has 3 N–H and O–H groups in total. The Balaban J connectivity index is 0. The lowest BCUT2D eigenvalue weighted by atomic mass is 9.96. The lowest BCUT2D eigenvalue weighted by Crippen LogP contribution is -2.51. The van der Waals surface area contributed by atoms with E-state index in [4.69, 9.17) is 5.73 Å². The molecule has 0 fully saturated rings. The molecule has 0 spiro atoms. The summed E-state index contributed by atoms with van der Waals surface area (Å²) in [5.74, 6) is -0.433. The second kappa shape index (κ2) is 9.24. The van der Waals surface area contributed by atoms with Gasteiger partial charge in [0.2, 0.25) is 5.91 Å². The molecule has 0 rings (SSSR count). The van der Waals surface area contributed by atoms with Gasteiger partial charge in [0, 0.05) is 13.0 Å². The van der Waals surface area contributed by atoms with Crippen LogP contribution in [0.2, 0.25) is 0 Å². The third-order valence-electron chi connectivity index (χ3n) is 2.36. The van der Waals surface area contributed by atoms with Gasteiger partial charge in [0.15, 0.2) is 0 Å². The van der Waals surface area contributed by atoms with Crippen LogP contribution in [0.3, 0.4) is 0 Å². The van der Waals surface area contributed by atoms with Gasteiger partial charge in [-0.3, -0.25) is 9.59 Å². The largest absolute Gasteiger partial charge is 0.469 e. The number of ether oxygens (including phenoxy) is 1. The summed E-state index contributed by atoms with van der Waals surface area (Å²) in [5, 5.41) is 2.72. The first-order chi connectivity index (χ1) is 7.44. The van der Waals surface area contributed by atoms with E-state index in [2.05, 4.69) is 10.1 Å². The number of rotatable bonds is 7. The molecule has 102 valence electrons. The maximum Gasteiger partial charge on any atom is 0.305 e. The summed E-state index contributed by atoms with van der Waals surface area (Å²) in [7, 11) is 1.35. The summed E-state index contributed by atoms with van der Waals surface area (Å²) in [6.45, 7) is 4.15. The number of halogens is 1. The Morgan fingerprint density at radius 1 is 1.41 bits per heavy atom. The van der Waals surface area contributed by atoms with Crippen LogP contribution in [0.5, 0.6) is 0 Å². The third-order valence-corrected chi connectivity index (χ3v) is 2.36. The molecule has 0 saturated carbocycles.